The highest BCUT2D eigenvalue weighted by atomic mass is 16.1. The second kappa shape index (κ2) is 4.34. The first-order valence-corrected chi connectivity index (χ1v) is 7.18. The number of nitrogens with zero attached hydrogens (tertiary/aromatic N) is 4. The van der Waals surface area contributed by atoms with Gasteiger partial charge in [0.1, 0.15) is 0 Å². The van der Waals surface area contributed by atoms with Crippen LogP contribution in [0.15, 0.2) is 47.3 Å². The number of hydrogen-bond acceptors (Lipinski definition) is 2. The molecule has 2 heterocycles. The van der Waals surface area contributed by atoms with E-state index >= 15 is 0 Å². The van der Waals surface area contributed by atoms with Crippen molar-refractivity contribution in [3.05, 3.63) is 58.6 Å². The van der Waals surface area contributed by atoms with E-state index < -0.39 is 0 Å². The molecule has 0 bridgehead atoms. The highest BCUT2D eigenvalue weighted by Crippen LogP contribution is 2.23. The lowest BCUT2D eigenvalue weighted by Crippen LogP contribution is -2.20. The van der Waals surface area contributed by atoms with Gasteiger partial charge in [-0.3, -0.25) is 13.8 Å². The van der Waals surface area contributed by atoms with Gasteiger partial charge in [0.2, 0.25) is 0 Å². The second-order valence-corrected chi connectivity index (χ2v) is 5.58. The fourth-order valence-corrected chi connectivity index (χ4v) is 3.11. The minimum Gasteiger partial charge on any atom is -0.295 e. The molecule has 22 heavy (non-hydrogen) atoms. The summed E-state index contributed by atoms with van der Waals surface area (Å²) in [6.45, 7) is 1.99. The van der Waals surface area contributed by atoms with Gasteiger partial charge in [0.15, 0.2) is 0 Å². The van der Waals surface area contributed by atoms with Crippen LogP contribution in [0.25, 0.3) is 27.6 Å². The predicted octanol–water partition coefficient (Wildman–Crippen LogP) is 2.52. The fraction of sp³-hybridized carbons (Fsp3) is 0.176. The average Bonchev–Trinajstić information content (AvgIpc) is 2.95. The van der Waals surface area contributed by atoms with Crippen LogP contribution in [-0.2, 0) is 14.1 Å². The van der Waals surface area contributed by atoms with Crippen LogP contribution in [0.4, 0.5) is 0 Å². The van der Waals surface area contributed by atoms with Crippen molar-refractivity contribution in [3.8, 4) is 5.69 Å². The topological polar surface area (TPSA) is 44.8 Å². The largest absolute Gasteiger partial charge is 0.333 e. The zero-order chi connectivity index (χ0) is 15.4. The molecule has 0 unspecified atom stereocenters. The monoisotopic (exact) mass is 292 g/mol. The quantitative estimate of drug-likeness (QED) is 0.541. The Morgan fingerprint density at radius 3 is 2.45 bits per heavy atom. The van der Waals surface area contributed by atoms with Gasteiger partial charge in [-0.25, -0.2) is 4.79 Å². The van der Waals surface area contributed by atoms with E-state index in [1.165, 1.54) is 0 Å². The number of benzene rings is 2. The Hall–Kier alpha value is -2.82. The molecule has 0 saturated carbocycles. The number of imidazole rings is 1. The van der Waals surface area contributed by atoms with Crippen LogP contribution in [-0.4, -0.2) is 18.9 Å². The molecule has 0 aliphatic heterocycles. The molecule has 4 rings (SSSR count). The summed E-state index contributed by atoms with van der Waals surface area (Å²) in [5.41, 5.74) is 4.67. The van der Waals surface area contributed by atoms with E-state index in [4.69, 9.17) is 0 Å². The molecule has 0 radical (unpaired) electrons. The lowest BCUT2D eigenvalue weighted by molar-refractivity contribution is 0.782. The Morgan fingerprint density at radius 2 is 1.68 bits per heavy atom. The first kappa shape index (κ1) is 12.9. The maximum atomic E-state index is 12.6. The minimum atomic E-state index is -0.0422. The van der Waals surface area contributed by atoms with Crippen LogP contribution < -0.4 is 5.69 Å². The molecule has 0 N–H and O–H groups in total. The van der Waals surface area contributed by atoms with Crippen molar-refractivity contribution in [1.82, 2.24) is 18.9 Å². The van der Waals surface area contributed by atoms with Gasteiger partial charge in [-0.05, 0) is 37.3 Å². The SMILES string of the molecule is Cc1nn(C)c2cc(-n3c(=O)n(C)c4ccccc43)ccc12. The van der Waals surface area contributed by atoms with Gasteiger partial charge >= 0.3 is 5.69 Å². The molecular formula is C17H16N4O. The smallest absolute Gasteiger partial charge is 0.295 e. The van der Waals surface area contributed by atoms with Gasteiger partial charge in [0.05, 0.1) is 27.9 Å². The number of para-hydroxylation sites is 2. The van der Waals surface area contributed by atoms with E-state index in [0.29, 0.717) is 0 Å². The fourth-order valence-electron chi connectivity index (χ4n) is 3.11. The Balaban J connectivity index is 2.09. The van der Waals surface area contributed by atoms with Gasteiger partial charge in [0.25, 0.3) is 0 Å². The molecule has 2 aromatic heterocycles. The van der Waals surface area contributed by atoms with Crippen molar-refractivity contribution in [2.75, 3.05) is 0 Å². The summed E-state index contributed by atoms with van der Waals surface area (Å²) in [7, 11) is 3.72. The van der Waals surface area contributed by atoms with Gasteiger partial charge in [-0.2, -0.15) is 5.10 Å². The summed E-state index contributed by atoms with van der Waals surface area (Å²) in [6.07, 6.45) is 0. The molecule has 2 aromatic carbocycles. The summed E-state index contributed by atoms with van der Waals surface area (Å²) in [5.74, 6) is 0. The van der Waals surface area contributed by atoms with E-state index in [-0.39, 0.29) is 5.69 Å². The third-order valence-corrected chi connectivity index (χ3v) is 4.24. The summed E-state index contributed by atoms with van der Waals surface area (Å²) in [6, 6.07) is 13.8. The molecule has 0 amide bonds. The molecule has 0 fully saturated rings. The number of hydrogen-bond donors (Lipinski definition) is 0. The molecule has 0 saturated heterocycles. The standard InChI is InChI=1S/C17H16N4O/c1-11-13-9-8-12(10-16(13)20(3)18-11)21-15-7-5-4-6-14(15)19(2)17(21)22/h4-10H,1-3H3. The number of aromatic nitrogens is 4. The third-order valence-electron chi connectivity index (χ3n) is 4.24. The van der Waals surface area contributed by atoms with Crippen LogP contribution >= 0.6 is 0 Å². The molecule has 0 aliphatic rings. The van der Waals surface area contributed by atoms with Crippen molar-refractivity contribution < 1.29 is 0 Å². The highest BCUT2D eigenvalue weighted by molar-refractivity contribution is 5.85. The van der Waals surface area contributed by atoms with Crippen LogP contribution in [0.5, 0.6) is 0 Å². The Labute approximate surface area is 127 Å². The minimum absolute atomic E-state index is 0.0422. The van der Waals surface area contributed by atoms with E-state index in [1.54, 1.807) is 16.2 Å². The Kier molecular flexibility index (Phi) is 2.54. The van der Waals surface area contributed by atoms with Crippen LogP contribution in [0.1, 0.15) is 5.69 Å². The molecule has 5 nitrogen and oxygen atoms in total. The molecule has 0 atom stereocenters. The Bertz CT molecular complexity index is 1080. The zero-order valence-corrected chi connectivity index (χ0v) is 12.7. The van der Waals surface area contributed by atoms with Gasteiger partial charge in [-0.1, -0.05) is 12.1 Å². The summed E-state index contributed by atoms with van der Waals surface area (Å²) >= 11 is 0. The number of rotatable bonds is 1. The van der Waals surface area contributed by atoms with Gasteiger partial charge in [-0.15, -0.1) is 0 Å². The maximum absolute atomic E-state index is 12.6. The number of aryl methyl sites for hydroxylation is 3. The lowest BCUT2D eigenvalue weighted by Gasteiger charge is -2.04. The van der Waals surface area contributed by atoms with E-state index in [2.05, 4.69) is 5.10 Å². The molecule has 0 aliphatic carbocycles. The van der Waals surface area contributed by atoms with E-state index in [1.807, 2.05) is 61.1 Å². The van der Waals surface area contributed by atoms with Crippen molar-refractivity contribution >= 4 is 21.9 Å². The first-order chi connectivity index (χ1) is 10.6. The van der Waals surface area contributed by atoms with Crippen LogP contribution in [0.2, 0.25) is 0 Å². The highest BCUT2D eigenvalue weighted by Gasteiger charge is 2.13. The van der Waals surface area contributed by atoms with Crippen molar-refractivity contribution in [2.24, 2.45) is 14.1 Å². The third kappa shape index (κ3) is 1.59. The molecule has 4 aromatic rings. The van der Waals surface area contributed by atoms with Gasteiger partial charge in [0, 0.05) is 19.5 Å². The molecule has 110 valence electrons. The van der Waals surface area contributed by atoms with Gasteiger partial charge < -0.3 is 0 Å². The van der Waals surface area contributed by atoms with Crippen molar-refractivity contribution in [2.45, 2.75) is 6.92 Å². The molecule has 0 spiro atoms. The van der Waals surface area contributed by atoms with Crippen LogP contribution in [0.3, 0.4) is 0 Å². The van der Waals surface area contributed by atoms with Crippen LogP contribution in [0, 0.1) is 6.92 Å². The normalized spacial score (nSPS) is 11.6. The first-order valence-electron chi connectivity index (χ1n) is 7.18. The zero-order valence-electron chi connectivity index (χ0n) is 12.7. The van der Waals surface area contributed by atoms with Crippen molar-refractivity contribution in [3.63, 3.8) is 0 Å². The molecular weight excluding hydrogens is 276 g/mol. The summed E-state index contributed by atoms with van der Waals surface area (Å²) in [4.78, 5) is 12.6. The Morgan fingerprint density at radius 1 is 0.955 bits per heavy atom. The predicted molar refractivity (Wildman–Crippen MR) is 87.5 cm³/mol. The number of fused-ring (bicyclic) bond motifs is 2. The summed E-state index contributed by atoms with van der Waals surface area (Å²) in [5, 5.41) is 5.55. The van der Waals surface area contributed by atoms with Crippen molar-refractivity contribution in [1.29, 1.82) is 0 Å². The lowest BCUT2D eigenvalue weighted by atomic mass is 10.2. The second-order valence-electron chi connectivity index (χ2n) is 5.58. The maximum Gasteiger partial charge on any atom is 0.333 e. The summed E-state index contributed by atoms with van der Waals surface area (Å²) < 4.78 is 5.27. The average molecular weight is 292 g/mol. The van der Waals surface area contributed by atoms with E-state index in [9.17, 15) is 4.79 Å². The van der Waals surface area contributed by atoms with E-state index in [0.717, 1.165) is 33.3 Å². The molecule has 5 heteroatoms.